The van der Waals surface area contributed by atoms with Gasteiger partial charge in [0, 0.05) is 13.2 Å². The number of methoxy groups -OCH3 is 1. The number of hydrogen-bond acceptors (Lipinski definition) is 7. The smallest absolute Gasteiger partial charge is 0.415 e. The van der Waals surface area contributed by atoms with Gasteiger partial charge in [0.05, 0.1) is 12.0 Å². The molecular weight excluding hydrogens is 330 g/mol. The van der Waals surface area contributed by atoms with Crippen LogP contribution in [0.5, 0.6) is 0 Å². The Balaban J connectivity index is 2.25. The van der Waals surface area contributed by atoms with Gasteiger partial charge in [-0.3, -0.25) is 15.0 Å². The van der Waals surface area contributed by atoms with Crippen molar-refractivity contribution >= 4 is 23.6 Å². The summed E-state index contributed by atoms with van der Waals surface area (Å²) in [5.41, 5.74) is -0.177. The molecule has 1 amide bonds. The van der Waals surface area contributed by atoms with Crippen molar-refractivity contribution in [2.75, 3.05) is 19.1 Å². The van der Waals surface area contributed by atoms with E-state index in [0.29, 0.717) is 0 Å². The number of nitrogens with zero attached hydrogens (tertiary/aromatic N) is 3. The third kappa shape index (κ3) is 4.08. The van der Waals surface area contributed by atoms with Gasteiger partial charge in [0.2, 0.25) is 5.82 Å². The molecular formula is C16H15N3O6. The number of anilines is 1. The van der Waals surface area contributed by atoms with Crippen molar-refractivity contribution in [2.24, 2.45) is 0 Å². The van der Waals surface area contributed by atoms with E-state index in [0.717, 1.165) is 23.6 Å². The van der Waals surface area contributed by atoms with Gasteiger partial charge in [-0.25, -0.2) is 14.6 Å². The molecule has 25 heavy (non-hydrogen) atoms. The summed E-state index contributed by atoms with van der Waals surface area (Å²) >= 11 is 0. The molecule has 0 radical (unpaired) electrons. The first-order valence-corrected chi connectivity index (χ1v) is 7.11. The Bertz CT molecular complexity index is 794. The van der Waals surface area contributed by atoms with Gasteiger partial charge in [0.25, 0.3) is 0 Å². The molecule has 1 aromatic heterocycles. The fourth-order valence-electron chi connectivity index (χ4n) is 2.05. The highest BCUT2D eigenvalue weighted by Gasteiger charge is 2.31. The molecule has 9 heteroatoms. The van der Waals surface area contributed by atoms with Crippen LogP contribution in [0.4, 0.5) is 16.3 Å². The van der Waals surface area contributed by atoms with Crippen molar-refractivity contribution in [1.29, 1.82) is 0 Å². The second kappa shape index (κ2) is 7.86. The molecule has 0 spiro atoms. The molecule has 130 valence electrons. The topological polar surface area (TPSA) is 112 Å². The average molecular weight is 345 g/mol. The minimum absolute atomic E-state index is 0.00545. The molecule has 0 N–H and O–H groups in total. The van der Waals surface area contributed by atoms with Crippen LogP contribution < -0.4 is 4.90 Å². The van der Waals surface area contributed by atoms with E-state index in [4.69, 9.17) is 4.74 Å². The largest absolute Gasteiger partial charge is 0.465 e. The maximum absolute atomic E-state index is 12.2. The van der Waals surface area contributed by atoms with Crippen molar-refractivity contribution in [3.8, 4) is 0 Å². The number of nitro groups is 1. The monoisotopic (exact) mass is 345 g/mol. The number of carbonyl (C=O) groups is 2. The number of rotatable bonds is 5. The van der Waals surface area contributed by atoms with Gasteiger partial charge in [-0.05, 0) is 11.6 Å². The molecule has 0 unspecified atom stereocenters. The lowest BCUT2D eigenvalue weighted by Crippen LogP contribution is -2.29. The van der Waals surface area contributed by atoms with Crippen molar-refractivity contribution in [1.82, 2.24) is 4.98 Å². The average Bonchev–Trinajstić information content (AvgIpc) is 2.64. The lowest BCUT2D eigenvalue weighted by molar-refractivity contribution is -0.384. The predicted molar refractivity (Wildman–Crippen MR) is 87.3 cm³/mol. The molecule has 0 aliphatic rings. The molecule has 2 aromatic rings. The first-order chi connectivity index (χ1) is 12.0. The van der Waals surface area contributed by atoms with Crippen LogP contribution in [-0.4, -0.2) is 36.1 Å². The first-order valence-electron chi connectivity index (χ1n) is 7.11. The summed E-state index contributed by atoms with van der Waals surface area (Å²) in [6.45, 7) is -0.00545. The van der Waals surface area contributed by atoms with Crippen molar-refractivity contribution in [3.63, 3.8) is 0 Å². The Morgan fingerprint density at radius 2 is 1.92 bits per heavy atom. The molecule has 2 rings (SSSR count). The van der Waals surface area contributed by atoms with E-state index in [9.17, 15) is 19.7 Å². The molecule has 0 aliphatic carbocycles. The van der Waals surface area contributed by atoms with Crippen LogP contribution in [-0.2, 0) is 16.1 Å². The maximum atomic E-state index is 12.2. The highest BCUT2D eigenvalue weighted by atomic mass is 16.6. The molecule has 0 saturated heterocycles. The third-order valence-corrected chi connectivity index (χ3v) is 3.29. The van der Waals surface area contributed by atoms with Crippen LogP contribution in [0.2, 0.25) is 0 Å². The van der Waals surface area contributed by atoms with E-state index in [1.807, 2.05) is 6.07 Å². The summed E-state index contributed by atoms with van der Waals surface area (Å²) in [6.07, 6.45) is 0.330. The van der Waals surface area contributed by atoms with E-state index in [1.54, 1.807) is 24.3 Å². The van der Waals surface area contributed by atoms with E-state index < -0.39 is 22.7 Å². The van der Waals surface area contributed by atoms with E-state index in [-0.39, 0.29) is 18.0 Å². The van der Waals surface area contributed by atoms with Gasteiger partial charge in [0.15, 0.2) is 0 Å². The highest BCUT2D eigenvalue weighted by Crippen LogP contribution is 2.29. The van der Waals surface area contributed by atoms with Crippen LogP contribution in [0.25, 0.3) is 0 Å². The van der Waals surface area contributed by atoms with E-state index in [1.165, 1.54) is 13.2 Å². The number of benzene rings is 1. The first kappa shape index (κ1) is 17.9. The Kier molecular flexibility index (Phi) is 5.62. The molecule has 0 aliphatic heterocycles. The zero-order valence-electron chi connectivity index (χ0n) is 13.5. The second-order valence-corrected chi connectivity index (χ2v) is 4.88. The third-order valence-electron chi connectivity index (χ3n) is 3.29. The molecule has 1 heterocycles. The van der Waals surface area contributed by atoms with Crippen molar-refractivity contribution < 1.29 is 24.0 Å². The molecule has 9 nitrogen and oxygen atoms in total. The summed E-state index contributed by atoms with van der Waals surface area (Å²) in [6, 6.07) is 10.1. The Morgan fingerprint density at radius 1 is 1.24 bits per heavy atom. The van der Waals surface area contributed by atoms with Gasteiger partial charge >= 0.3 is 17.7 Å². The van der Waals surface area contributed by atoms with Gasteiger partial charge < -0.3 is 9.47 Å². The molecule has 0 atom stereocenters. The fourth-order valence-corrected chi connectivity index (χ4v) is 2.05. The fraction of sp³-hybridized carbons (Fsp3) is 0.188. The van der Waals surface area contributed by atoms with Crippen LogP contribution in [0.1, 0.15) is 15.9 Å². The summed E-state index contributed by atoms with van der Waals surface area (Å²) < 4.78 is 9.64. The number of esters is 1. The van der Waals surface area contributed by atoms with Gasteiger partial charge in [-0.1, -0.05) is 30.3 Å². The second-order valence-electron chi connectivity index (χ2n) is 4.88. The number of carbonyl (C=O) groups excluding carboxylic acids is 2. The Morgan fingerprint density at radius 3 is 2.52 bits per heavy atom. The number of ether oxygens (including phenoxy) is 2. The lowest BCUT2D eigenvalue weighted by atomic mass is 10.2. The molecule has 0 saturated carbocycles. The molecule has 0 fully saturated rings. The van der Waals surface area contributed by atoms with E-state index in [2.05, 4.69) is 9.72 Å². The van der Waals surface area contributed by atoms with Crippen LogP contribution >= 0.6 is 0 Å². The standard InChI is InChI=1S/C16H15N3O6/c1-18(16(21)25-10-11-6-4-3-5-7-11)14-13(19(22)23)12(8-9-17-14)15(20)24-2/h3-9H,10H2,1-2H3. The number of amides is 1. The predicted octanol–water partition coefficient (Wildman–Crippen LogP) is 2.55. The maximum Gasteiger partial charge on any atom is 0.415 e. The Labute approximate surface area is 142 Å². The summed E-state index contributed by atoms with van der Waals surface area (Å²) in [5.74, 6) is -1.22. The number of pyridine rings is 1. The zero-order chi connectivity index (χ0) is 18.4. The van der Waals surface area contributed by atoms with Gasteiger partial charge in [-0.15, -0.1) is 0 Å². The summed E-state index contributed by atoms with van der Waals surface area (Å²) in [7, 11) is 2.37. The SMILES string of the molecule is COC(=O)c1ccnc(N(C)C(=O)OCc2ccccc2)c1[N+](=O)[O-]. The Hall–Kier alpha value is -3.49. The van der Waals surface area contributed by atoms with E-state index >= 15 is 0 Å². The van der Waals surface area contributed by atoms with Crippen molar-refractivity contribution in [3.05, 3.63) is 63.8 Å². The number of aromatic nitrogens is 1. The van der Waals surface area contributed by atoms with Crippen molar-refractivity contribution in [2.45, 2.75) is 6.61 Å². The summed E-state index contributed by atoms with van der Waals surface area (Å²) in [4.78, 5) is 39.1. The molecule has 0 bridgehead atoms. The lowest BCUT2D eigenvalue weighted by Gasteiger charge is -2.16. The van der Waals surface area contributed by atoms with Crippen LogP contribution in [0, 0.1) is 10.1 Å². The minimum Gasteiger partial charge on any atom is -0.465 e. The minimum atomic E-state index is -0.901. The van der Waals surface area contributed by atoms with Crippen LogP contribution in [0.3, 0.4) is 0 Å². The zero-order valence-corrected chi connectivity index (χ0v) is 13.5. The van der Waals surface area contributed by atoms with Gasteiger partial charge in [0.1, 0.15) is 12.2 Å². The number of hydrogen-bond donors (Lipinski definition) is 0. The summed E-state index contributed by atoms with van der Waals surface area (Å²) in [5, 5.41) is 11.3. The normalized spacial score (nSPS) is 10.0. The molecule has 1 aromatic carbocycles. The van der Waals surface area contributed by atoms with Crippen LogP contribution in [0.15, 0.2) is 42.6 Å². The highest BCUT2D eigenvalue weighted by molar-refractivity contribution is 5.98. The quantitative estimate of drug-likeness (QED) is 0.465. The van der Waals surface area contributed by atoms with Gasteiger partial charge in [-0.2, -0.15) is 0 Å².